The summed E-state index contributed by atoms with van der Waals surface area (Å²) in [6, 6.07) is 0.455. The minimum Gasteiger partial charge on any atom is -0.353 e. The molecule has 1 amide bonds. The SMILES string of the molecule is CC(C)C[C@@H]1CCCC(=O)N1. The van der Waals surface area contributed by atoms with Crippen LogP contribution in [0, 0.1) is 5.92 Å². The molecule has 0 saturated carbocycles. The monoisotopic (exact) mass is 155 g/mol. The van der Waals surface area contributed by atoms with Gasteiger partial charge >= 0.3 is 0 Å². The number of carbonyl (C=O) groups excluding carboxylic acids is 1. The summed E-state index contributed by atoms with van der Waals surface area (Å²) in [6.45, 7) is 4.39. The van der Waals surface area contributed by atoms with E-state index >= 15 is 0 Å². The third-order valence-corrected chi connectivity index (χ3v) is 2.08. The molecule has 11 heavy (non-hydrogen) atoms. The minimum atomic E-state index is 0.238. The predicted molar refractivity (Wildman–Crippen MR) is 45.2 cm³/mol. The number of rotatable bonds is 2. The molecule has 1 fully saturated rings. The van der Waals surface area contributed by atoms with Crippen LogP contribution < -0.4 is 5.32 Å². The van der Waals surface area contributed by atoms with E-state index < -0.39 is 0 Å². The first-order valence-corrected chi connectivity index (χ1v) is 4.48. The Kier molecular flexibility index (Phi) is 2.92. The van der Waals surface area contributed by atoms with Crippen molar-refractivity contribution in [1.82, 2.24) is 5.32 Å². The lowest BCUT2D eigenvalue weighted by Gasteiger charge is -2.24. The maximum atomic E-state index is 10.9. The van der Waals surface area contributed by atoms with E-state index in [2.05, 4.69) is 19.2 Å². The number of piperidine rings is 1. The zero-order valence-electron chi connectivity index (χ0n) is 7.39. The Bertz CT molecular complexity index is 142. The van der Waals surface area contributed by atoms with Crippen molar-refractivity contribution in [3.8, 4) is 0 Å². The first kappa shape index (κ1) is 8.57. The molecule has 1 aliphatic rings. The van der Waals surface area contributed by atoms with Crippen LogP contribution in [-0.4, -0.2) is 11.9 Å². The van der Waals surface area contributed by atoms with Crippen molar-refractivity contribution in [3.63, 3.8) is 0 Å². The van der Waals surface area contributed by atoms with E-state index in [0.717, 1.165) is 19.3 Å². The Morgan fingerprint density at radius 3 is 2.91 bits per heavy atom. The topological polar surface area (TPSA) is 29.1 Å². The smallest absolute Gasteiger partial charge is 0.220 e. The zero-order valence-corrected chi connectivity index (χ0v) is 7.39. The van der Waals surface area contributed by atoms with E-state index in [1.807, 2.05) is 0 Å². The summed E-state index contributed by atoms with van der Waals surface area (Å²) in [4.78, 5) is 10.9. The standard InChI is InChI=1S/C9H17NO/c1-7(2)6-8-4-3-5-9(11)10-8/h7-8H,3-6H2,1-2H3,(H,10,11)/t8-/m0/s1. The van der Waals surface area contributed by atoms with Crippen LogP contribution in [0.3, 0.4) is 0 Å². The van der Waals surface area contributed by atoms with E-state index in [4.69, 9.17) is 0 Å². The molecule has 0 aromatic heterocycles. The van der Waals surface area contributed by atoms with Gasteiger partial charge in [-0.15, -0.1) is 0 Å². The van der Waals surface area contributed by atoms with Crippen LogP contribution in [0.15, 0.2) is 0 Å². The van der Waals surface area contributed by atoms with Gasteiger partial charge in [0.15, 0.2) is 0 Å². The third kappa shape index (κ3) is 2.91. The highest BCUT2D eigenvalue weighted by Gasteiger charge is 2.18. The van der Waals surface area contributed by atoms with Gasteiger partial charge in [0.2, 0.25) is 5.91 Å². The van der Waals surface area contributed by atoms with Gasteiger partial charge in [0.05, 0.1) is 0 Å². The molecule has 1 aliphatic heterocycles. The number of carbonyl (C=O) groups is 1. The zero-order chi connectivity index (χ0) is 8.27. The van der Waals surface area contributed by atoms with E-state index in [0.29, 0.717) is 12.0 Å². The van der Waals surface area contributed by atoms with Crippen molar-refractivity contribution in [2.45, 2.75) is 45.6 Å². The summed E-state index contributed by atoms with van der Waals surface area (Å²) in [5.74, 6) is 0.931. The molecule has 1 saturated heterocycles. The van der Waals surface area contributed by atoms with Gasteiger partial charge in [0.25, 0.3) is 0 Å². The maximum absolute atomic E-state index is 10.9. The molecule has 0 radical (unpaired) electrons. The van der Waals surface area contributed by atoms with Crippen molar-refractivity contribution in [3.05, 3.63) is 0 Å². The Labute approximate surface area is 68.4 Å². The number of nitrogens with one attached hydrogen (secondary N) is 1. The molecule has 0 unspecified atom stereocenters. The second-order valence-corrected chi connectivity index (χ2v) is 3.79. The van der Waals surface area contributed by atoms with Crippen LogP contribution in [-0.2, 0) is 4.79 Å². The fraction of sp³-hybridized carbons (Fsp3) is 0.889. The molecule has 0 bridgehead atoms. The molecule has 2 nitrogen and oxygen atoms in total. The lowest BCUT2D eigenvalue weighted by atomic mass is 9.96. The molecule has 2 heteroatoms. The molecule has 0 aromatic rings. The van der Waals surface area contributed by atoms with Gasteiger partial charge in [0.1, 0.15) is 0 Å². The first-order chi connectivity index (χ1) is 5.18. The van der Waals surface area contributed by atoms with E-state index in [-0.39, 0.29) is 5.91 Å². The lowest BCUT2D eigenvalue weighted by Crippen LogP contribution is -2.39. The molecule has 0 spiro atoms. The van der Waals surface area contributed by atoms with Crippen molar-refractivity contribution >= 4 is 5.91 Å². The number of hydrogen-bond acceptors (Lipinski definition) is 1. The molecule has 1 atom stereocenters. The van der Waals surface area contributed by atoms with Gasteiger partial charge < -0.3 is 5.32 Å². The summed E-state index contributed by atoms with van der Waals surface area (Å²) >= 11 is 0. The summed E-state index contributed by atoms with van der Waals surface area (Å²) in [5, 5.41) is 3.01. The van der Waals surface area contributed by atoms with Crippen molar-refractivity contribution in [1.29, 1.82) is 0 Å². The average molecular weight is 155 g/mol. The van der Waals surface area contributed by atoms with Crippen molar-refractivity contribution in [2.75, 3.05) is 0 Å². The highest BCUT2D eigenvalue weighted by Crippen LogP contribution is 2.14. The molecule has 64 valence electrons. The maximum Gasteiger partial charge on any atom is 0.220 e. The van der Waals surface area contributed by atoms with E-state index in [1.165, 1.54) is 6.42 Å². The van der Waals surface area contributed by atoms with Gasteiger partial charge in [-0.2, -0.15) is 0 Å². The van der Waals surface area contributed by atoms with Crippen molar-refractivity contribution in [2.24, 2.45) is 5.92 Å². The number of amides is 1. The van der Waals surface area contributed by atoms with Gasteiger partial charge in [-0.3, -0.25) is 4.79 Å². The van der Waals surface area contributed by atoms with Crippen LogP contribution in [0.5, 0.6) is 0 Å². The lowest BCUT2D eigenvalue weighted by molar-refractivity contribution is -0.123. The summed E-state index contributed by atoms with van der Waals surface area (Å²) in [5.41, 5.74) is 0. The molecule has 1 rings (SSSR count). The average Bonchev–Trinajstić information content (AvgIpc) is 1.85. The second-order valence-electron chi connectivity index (χ2n) is 3.79. The normalized spacial score (nSPS) is 25.4. The van der Waals surface area contributed by atoms with Gasteiger partial charge in [-0.25, -0.2) is 0 Å². The second kappa shape index (κ2) is 3.74. The highest BCUT2D eigenvalue weighted by molar-refractivity contribution is 5.76. The van der Waals surface area contributed by atoms with Gasteiger partial charge in [-0.1, -0.05) is 13.8 Å². The summed E-state index contributed by atoms with van der Waals surface area (Å²) in [7, 11) is 0. The molecular weight excluding hydrogens is 138 g/mol. The fourth-order valence-corrected chi connectivity index (χ4v) is 1.63. The molecule has 0 aromatic carbocycles. The van der Waals surface area contributed by atoms with Gasteiger partial charge in [-0.05, 0) is 25.2 Å². The predicted octanol–water partition coefficient (Wildman–Crippen LogP) is 1.70. The molecular formula is C9H17NO. The largest absolute Gasteiger partial charge is 0.353 e. The quantitative estimate of drug-likeness (QED) is 0.646. The Balaban J connectivity index is 2.28. The Hall–Kier alpha value is -0.530. The highest BCUT2D eigenvalue weighted by atomic mass is 16.1. The molecule has 0 aliphatic carbocycles. The van der Waals surface area contributed by atoms with Gasteiger partial charge in [0, 0.05) is 12.5 Å². The molecule has 1 heterocycles. The summed E-state index contributed by atoms with van der Waals surface area (Å²) < 4.78 is 0. The van der Waals surface area contributed by atoms with Crippen LogP contribution in [0.1, 0.15) is 39.5 Å². The Morgan fingerprint density at radius 2 is 2.36 bits per heavy atom. The van der Waals surface area contributed by atoms with Crippen LogP contribution >= 0.6 is 0 Å². The summed E-state index contributed by atoms with van der Waals surface area (Å²) in [6.07, 6.45) is 4.10. The number of hydrogen-bond donors (Lipinski definition) is 1. The van der Waals surface area contributed by atoms with E-state index in [9.17, 15) is 4.79 Å². The molecule has 1 N–H and O–H groups in total. The first-order valence-electron chi connectivity index (χ1n) is 4.48. The third-order valence-electron chi connectivity index (χ3n) is 2.08. The van der Waals surface area contributed by atoms with Crippen LogP contribution in [0.4, 0.5) is 0 Å². The Morgan fingerprint density at radius 1 is 1.64 bits per heavy atom. The van der Waals surface area contributed by atoms with Crippen LogP contribution in [0.25, 0.3) is 0 Å². The minimum absolute atomic E-state index is 0.238. The van der Waals surface area contributed by atoms with Crippen LogP contribution in [0.2, 0.25) is 0 Å². The van der Waals surface area contributed by atoms with Crippen molar-refractivity contribution < 1.29 is 4.79 Å². The fourth-order valence-electron chi connectivity index (χ4n) is 1.63. The van der Waals surface area contributed by atoms with E-state index in [1.54, 1.807) is 0 Å².